The van der Waals surface area contributed by atoms with Gasteiger partial charge in [-0.3, -0.25) is 4.79 Å². The maximum Gasteiger partial charge on any atom is 0.224 e. The number of nitrogens with one attached hydrogen (secondary N) is 1. The Kier molecular flexibility index (Phi) is 6.27. The number of ether oxygens (including phenoxy) is 1. The summed E-state index contributed by atoms with van der Waals surface area (Å²) in [7, 11) is 0. The molecule has 4 rings (SSSR count). The van der Waals surface area contributed by atoms with Crippen LogP contribution in [0.2, 0.25) is 0 Å². The lowest BCUT2D eigenvalue weighted by atomic mass is 9.73. The Morgan fingerprint density at radius 2 is 2.03 bits per heavy atom. The van der Waals surface area contributed by atoms with Gasteiger partial charge < -0.3 is 15.0 Å². The molecule has 2 fully saturated rings. The van der Waals surface area contributed by atoms with Crippen molar-refractivity contribution < 1.29 is 13.9 Å². The van der Waals surface area contributed by atoms with Gasteiger partial charge in [-0.05, 0) is 55.7 Å². The fourth-order valence-electron chi connectivity index (χ4n) is 4.47. The summed E-state index contributed by atoms with van der Waals surface area (Å²) < 4.78 is 19.1. The lowest BCUT2D eigenvalue weighted by Crippen LogP contribution is -2.48. The Morgan fingerprint density at radius 1 is 1.27 bits per heavy atom. The first-order valence-corrected chi connectivity index (χ1v) is 10.7. The Morgan fingerprint density at radius 3 is 2.70 bits per heavy atom. The molecule has 3 heterocycles. The van der Waals surface area contributed by atoms with Gasteiger partial charge in [-0.2, -0.15) is 0 Å². The number of hydrogen-bond acceptors (Lipinski definition) is 5. The van der Waals surface area contributed by atoms with Gasteiger partial charge in [0, 0.05) is 31.4 Å². The van der Waals surface area contributed by atoms with Gasteiger partial charge in [0.15, 0.2) is 0 Å². The molecule has 6 nitrogen and oxygen atoms in total. The number of nitrogens with zero attached hydrogens (tertiary/aromatic N) is 3. The first kappa shape index (κ1) is 20.7. The number of carbonyl (C=O) groups is 1. The van der Waals surface area contributed by atoms with Gasteiger partial charge in [0.25, 0.3) is 0 Å². The third-order valence-electron chi connectivity index (χ3n) is 6.42. The summed E-state index contributed by atoms with van der Waals surface area (Å²) in [5.41, 5.74) is 2.17. The van der Waals surface area contributed by atoms with Crippen molar-refractivity contribution in [3.8, 4) is 0 Å². The smallest absolute Gasteiger partial charge is 0.224 e. The molecular weight excluding hydrogens is 383 g/mol. The minimum Gasteiger partial charge on any atom is -0.376 e. The molecule has 1 aromatic heterocycles. The van der Waals surface area contributed by atoms with E-state index in [0.29, 0.717) is 6.54 Å². The molecule has 0 unspecified atom stereocenters. The van der Waals surface area contributed by atoms with Gasteiger partial charge in [0.2, 0.25) is 5.91 Å². The zero-order valence-electron chi connectivity index (χ0n) is 17.4. The standard InChI is InChI=1S/C23H29FN4O2/c1-17-13-25-16-27-22(17)28-10-8-23(9-11-28)7-6-20(30-15-23)14-26-21(29)12-18-2-4-19(24)5-3-18/h2-5,13,16,20H,6-12,14-15H2,1H3,(H,26,29)/t20-/m1/s1. The molecule has 2 saturated heterocycles. The maximum atomic E-state index is 13.0. The number of aryl methyl sites for hydroxylation is 1. The number of aromatic nitrogens is 2. The molecule has 160 valence electrons. The van der Waals surface area contributed by atoms with E-state index < -0.39 is 0 Å². The zero-order valence-corrected chi connectivity index (χ0v) is 17.4. The minimum absolute atomic E-state index is 0.0565. The van der Waals surface area contributed by atoms with Crippen LogP contribution in [-0.2, 0) is 16.0 Å². The molecule has 0 aliphatic carbocycles. The zero-order chi connectivity index (χ0) is 21.0. The van der Waals surface area contributed by atoms with E-state index in [0.717, 1.165) is 62.3 Å². The predicted octanol–water partition coefficient (Wildman–Crippen LogP) is 3.05. The number of amides is 1. The van der Waals surface area contributed by atoms with E-state index in [-0.39, 0.29) is 29.7 Å². The second-order valence-corrected chi connectivity index (χ2v) is 8.60. The highest BCUT2D eigenvalue weighted by Crippen LogP contribution is 2.41. The molecule has 1 amide bonds. The number of rotatable bonds is 5. The maximum absolute atomic E-state index is 13.0. The molecule has 30 heavy (non-hydrogen) atoms. The molecule has 2 aromatic rings. The quantitative estimate of drug-likeness (QED) is 0.818. The number of benzene rings is 1. The lowest BCUT2D eigenvalue weighted by Gasteiger charge is -2.46. The van der Waals surface area contributed by atoms with Crippen molar-refractivity contribution in [3.63, 3.8) is 0 Å². The van der Waals surface area contributed by atoms with Gasteiger partial charge in [-0.25, -0.2) is 14.4 Å². The summed E-state index contributed by atoms with van der Waals surface area (Å²) in [5, 5.41) is 2.96. The SMILES string of the molecule is Cc1cncnc1N1CCC2(CC[C@H](CNC(=O)Cc3ccc(F)cc3)OC2)CC1. The molecule has 1 aromatic carbocycles. The van der Waals surface area contributed by atoms with Crippen LogP contribution in [0, 0.1) is 18.2 Å². The van der Waals surface area contributed by atoms with E-state index in [1.807, 2.05) is 6.20 Å². The van der Waals surface area contributed by atoms with E-state index in [1.165, 1.54) is 12.1 Å². The predicted molar refractivity (Wildman–Crippen MR) is 113 cm³/mol. The average molecular weight is 413 g/mol. The molecule has 0 saturated carbocycles. The number of carbonyl (C=O) groups excluding carboxylic acids is 1. The Hall–Kier alpha value is -2.54. The highest BCUT2D eigenvalue weighted by atomic mass is 19.1. The van der Waals surface area contributed by atoms with Crippen LogP contribution in [0.25, 0.3) is 0 Å². The molecule has 0 bridgehead atoms. The van der Waals surface area contributed by atoms with E-state index >= 15 is 0 Å². The van der Waals surface area contributed by atoms with Crippen molar-refractivity contribution in [3.05, 3.63) is 53.7 Å². The largest absolute Gasteiger partial charge is 0.376 e. The molecule has 1 atom stereocenters. The van der Waals surface area contributed by atoms with Gasteiger partial charge in [-0.15, -0.1) is 0 Å². The topological polar surface area (TPSA) is 67.4 Å². The molecule has 1 spiro atoms. The van der Waals surface area contributed by atoms with Crippen LogP contribution in [0.3, 0.4) is 0 Å². The van der Waals surface area contributed by atoms with Crippen molar-refractivity contribution in [2.75, 3.05) is 31.1 Å². The van der Waals surface area contributed by atoms with Crippen LogP contribution in [-0.4, -0.2) is 48.2 Å². The van der Waals surface area contributed by atoms with Gasteiger partial charge >= 0.3 is 0 Å². The van der Waals surface area contributed by atoms with Crippen LogP contribution < -0.4 is 10.2 Å². The molecule has 2 aliphatic rings. The Labute approximate surface area is 176 Å². The average Bonchev–Trinajstić information content (AvgIpc) is 2.76. The second kappa shape index (κ2) is 9.08. The van der Waals surface area contributed by atoms with E-state index in [4.69, 9.17) is 4.74 Å². The van der Waals surface area contributed by atoms with Crippen LogP contribution in [0.5, 0.6) is 0 Å². The summed E-state index contributed by atoms with van der Waals surface area (Å²) >= 11 is 0. The third-order valence-corrected chi connectivity index (χ3v) is 6.42. The van der Waals surface area contributed by atoms with Crippen molar-refractivity contribution in [1.29, 1.82) is 0 Å². The van der Waals surface area contributed by atoms with Crippen LogP contribution in [0.4, 0.5) is 10.2 Å². The summed E-state index contributed by atoms with van der Waals surface area (Å²) in [4.78, 5) is 23.0. The fourth-order valence-corrected chi connectivity index (χ4v) is 4.47. The van der Waals surface area contributed by atoms with Crippen LogP contribution in [0.15, 0.2) is 36.8 Å². The fraction of sp³-hybridized carbons (Fsp3) is 0.522. The first-order valence-electron chi connectivity index (χ1n) is 10.7. The third kappa shape index (κ3) is 4.95. The van der Waals surface area contributed by atoms with Gasteiger partial charge in [0.05, 0.1) is 19.1 Å². The molecule has 0 radical (unpaired) electrons. The molecule has 7 heteroatoms. The first-order chi connectivity index (χ1) is 14.5. The molecule has 1 N–H and O–H groups in total. The lowest BCUT2D eigenvalue weighted by molar-refractivity contribution is -0.122. The van der Waals surface area contributed by atoms with Crippen molar-refractivity contribution in [2.45, 2.75) is 45.1 Å². The minimum atomic E-state index is -0.290. The normalized spacial score (nSPS) is 20.9. The summed E-state index contributed by atoms with van der Waals surface area (Å²) in [5.74, 6) is 0.694. The van der Waals surface area contributed by atoms with Gasteiger partial charge in [-0.1, -0.05) is 12.1 Å². The monoisotopic (exact) mass is 412 g/mol. The Balaban J connectivity index is 1.20. The molecular formula is C23H29FN4O2. The second-order valence-electron chi connectivity index (χ2n) is 8.60. The highest BCUT2D eigenvalue weighted by molar-refractivity contribution is 5.78. The van der Waals surface area contributed by atoms with Crippen molar-refractivity contribution in [1.82, 2.24) is 15.3 Å². The highest BCUT2D eigenvalue weighted by Gasteiger charge is 2.39. The van der Waals surface area contributed by atoms with Crippen molar-refractivity contribution in [2.24, 2.45) is 5.41 Å². The summed E-state index contributed by atoms with van der Waals surface area (Å²) in [6.45, 7) is 5.31. The van der Waals surface area contributed by atoms with Gasteiger partial charge in [0.1, 0.15) is 18.0 Å². The summed E-state index contributed by atoms with van der Waals surface area (Å²) in [6.07, 6.45) is 8.09. The number of halogens is 1. The number of hydrogen-bond donors (Lipinski definition) is 1. The number of piperidine rings is 1. The number of anilines is 1. The van der Waals surface area contributed by atoms with E-state index in [9.17, 15) is 9.18 Å². The van der Waals surface area contributed by atoms with Crippen molar-refractivity contribution >= 4 is 11.7 Å². The van der Waals surface area contributed by atoms with E-state index in [1.54, 1.807) is 18.5 Å². The Bertz CT molecular complexity index is 856. The van der Waals surface area contributed by atoms with Crippen LogP contribution in [0.1, 0.15) is 36.8 Å². The van der Waals surface area contributed by atoms with E-state index in [2.05, 4.69) is 27.1 Å². The van der Waals surface area contributed by atoms with Crippen LogP contribution >= 0.6 is 0 Å². The molecule has 2 aliphatic heterocycles. The summed E-state index contributed by atoms with van der Waals surface area (Å²) in [6, 6.07) is 6.05.